The molecule has 2 heteroatoms. The second-order valence-corrected chi connectivity index (χ2v) is 4.83. The molecule has 0 radical (unpaired) electrons. The normalized spacial score (nSPS) is 34.8. The van der Waals surface area contributed by atoms with E-state index < -0.39 is 0 Å². The molecule has 1 fully saturated rings. The second kappa shape index (κ2) is 2.68. The van der Waals surface area contributed by atoms with E-state index in [1.807, 2.05) is 0 Å². The predicted octanol–water partition coefficient (Wildman–Crippen LogP) is 1.51. The van der Waals surface area contributed by atoms with Crippen molar-refractivity contribution < 1.29 is 4.79 Å². The van der Waals surface area contributed by atoms with E-state index in [4.69, 9.17) is 5.73 Å². The smallest absolute Gasteiger partial charge is 0.172 e. The highest BCUT2D eigenvalue weighted by Crippen LogP contribution is 2.59. The van der Waals surface area contributed by atoms with Crippen LogP contribution in [0.2, 0.25) is 0 Å². The molecular weight excluding hydrogens is 162 g/mol. The molecule has 2 unspecified atom stereocenters. The van der Waals surface area contributed by atoms with Crippen LogP contribution in [0.5, 0.6) is 0 Å². The average Bonchev–Trinajstić information content (AvgIpc) is 2.16. The van der Waals surface area contributed by atoms with Crippen LogP contribution in [0.25, 0.3) is 0 Å². The molecule has 0 amide bonds. The van der Waals surface area contributed by atoms with Crippen molar-refractivity contribution in [3.63, 3.8) is 0 Å². The molecule has 0 aromatic rings. The number of rotatable bonds is 2. The second-order valence-electron chi connectivity index (χ2n) is 4.83. The van der Waals surface area contributed by atoms with Gasteiger partial charge in [0.2, 0.25) is 0 Å². The molecule has 0 saturated heterocycles. The van der Waals surface area contributed by atoms with E-state index in [1.165, 1.54) is 6.42 Å². The molecule has 72 valence electrons. The third-order valence-electron chi connectivity index (χ3n) is 3.98. The van der Waals surface area contributed by atoms with Gasteiger partial charge in [0.1, 0.15) is 0 Å². The summed E-state index contributed by atoms with van der Waals surface area (Å²) in [7, 11) is 0. The summed E-state index contributed by atoms with van der Waals surface area (Å²) in [5.41, 5.74) is 6.73. The van der Waals surface area contributed by atoms with Gasteiger partial charge in [-0.1, -0.05) is 19.9 Å². The largest absolute Gasteiger partial charge is 0.324 e. The van der Waals surface area contributed by atoms with Crippen molar-refractivity contribution in [1.29, 1.82) is 0 Å². The fourth-order valence-electron chi connectivity index (χ4n) is 2.78. The van der Waals surface area contributed by atoms with Gasteiger partial charge in [-0.3, -0.25) is 4.79 Å². The standard InChI is InChI=1S/C11H17NO/c1-11(2)7-3-4-8(9(11)5-7)10(13)6-12/h4,7,9H,3,5-6,12H2,1-2H3. The van der Waals surface area contributed by atoms with Gasteiger partial charge < -0.3 is 5.73 Å². The number of fused-ring (bicyclic) bond motifs is 1. The Morgan fingerprint density at radius 1 is 1.69 bits per heavy atom. The Kier molecular flexibility index (Phi) is 1.84. The Bertz CT molecular complexity index is 278. The van der Waals surface area contributed by atoms with Gasteiger partial charge in [-0.15, -0.1) is 0 Å². The first-order valence-electron chi connectivity index (χ1n) is 5.00. The molecular formula is C11H17NO. The number of carbonyl (C=O) groups is 1. The fourth-order valence-corrected chi connectivity index (χ4v) is 2.78. The molecule has 2 N–H and O–H groups in total. The Morgan fingerprint density at radius 3 is 2.85 bits per heavy atom. The van der Waals surface area contributed by atoms with E-state index in [1.54, 1.807) is 0 Å². The zero-order valence-electron chi connectivity index (χ0n) is 8.34. The summed E-state index contributed by atoms with van der Waals surface area (Å²) in [5, 5.41) is 0. The molecule has 0 aromatic heterocycles. The van der Waals surface area contributed by atoms with Gasteiger partial charge in [-0.25, -0.2) is 0 Å². The lowest BCUT2D eigenvalue weighted by molar-refractivity contribution is -0.117. The van der Waals surface area contributed by atoms with E-state index in [9.17, 15) is 4.79 Å². The first kappa shape index (κ1) is 8.95. The molecule has 2 bridgehead atoms. The lowest BCUT2D eigenvalue weighted by Gasteiger charge is -2.56. The van der Waals surface area contributed by atoms with Crippen molar-refractivity contribution in [3.05, 3.63) is 11.6 Å². The maximum atomic E-state index is 11.5. The zero-order valence-corrected chi connectivity index (χ0v) is 8.34. The maximum Gasteiger partial charge on any atom is 0.172 e. The molecule has 0 aliphatic heterocycles. The summed E-state index contributed by atoms with van der Waals surface area (Å²) < 4.78 is 0. The molecule has 2 nitrogen and oxygen atoms in total. The monoisotopic (exact) mass is 179 g/mol. The lowest BCUT2D eigenvalue weighted by atomic mass is 9.48. The molecule has 2 atom stereocenters. The number of hydrogen-bond acceptors (Lipinski definition) is 2. The maximum absolute atomic E-state index is 11.5. The number of Topliss-reactive ketones (excluding diaryl/α,β-unsaturated/α-hetero) is 1. The summed E-state index contributed by atoms with van der Waals surface area (Å²) in [5.74, 6) is 1.44. The van der Waals surface area contributed by atoms with Crippen molar-refractivity contribution in [1.82, 2.24) is 0 Å². The Morgan fingerprint density at radius 2 is 2.38 bits per heavy atom. The van der Waals surface area contributed by atoms with Crippen LogP contribution in [-0.4, -0.2) is 12.3 Å². The van der Waals surface area contributed by atoms with Crippen LogP contribution in [0.4, 0.5) is 0 Å². The van der Waals surface area contributed by atoms with E-state index in [2.05, 4.69) is 19.9 Å². The van der Waals surface area contributed by atoms with Gasteiger partial charge in [0.05, 0.1) is 6.54 Å². The summed E-state index contributed by atoms with van der Waals surface area (Å²) in [6.07, 6.45) is 4.38. The highest BCUT2D eigenvalue weighted by molar-refractivity contribution is 5.97. The SMILES string of the molecule is CC1(C)C2CC=C(C(=O)CN)C1C2. The van der Waals surface area contributed by atoms with Crippen molar-refractivity contribution in [2.75, 3.05) is 6.54 Å². The summed E-state index contributed by atoms with van der Waals surface area (Å²) in [6.45, 7) is 4.70. The minimum Gasteiger partial charge on any atom is -0.324 e. The molecule has 3 rings (SSSR count). The van der Waals surface area contributed by atoms with Crippen LogP contribution in [0.15, 0.2) is 11.6 Å². The molecule has 3 aliphatic carbocycles. The van der Waals surface area contributed by atoms with Gasteiger partial charge >= 0.3 is 0 Å². The van der Waals surface area contributed by atoms with E-state index in [-0.39, 0.29) is 12.3 Å². The molecule has 1 saturated carbocycles. The van der Waals surface area contributed by atoms with E-state index >= 15 is 0 Å². The Balaban J connectivity index is 2.23. The number of hydrogen-bond donors (Lipinski definition) is 1. The highest BCUT2D eigenvalue weighted by Gasteiger charge is 2.52. The van der Waals surface area contributed by atoms with Gasteiger partial charge in [-0.2, -0.15) is 0 Å². The molecule has 0 heterocycles. The molecule has 0 spiro atoms. The minimum atomic E-state index is 0.149. The molecule has 0 aromatic carbocycles. The van der Waals surface area contributed by atoms with Crippen LogP contribution in [0.1, 0.15) is 26.7 Å². The van der Waals surface area contributed by atoms with Crippen LogP contribution in [0, 0.1) is 17.3 Å². The Hall–Kier alpha value is -0.630. The first-order valence-corrected chi connectivity index (χ1v) is 5.00. The molecule has 13 heavy (non-hydrogen) atoms. The van der Waals surface area contributed by atoms with Crippen molar-refractivity contribution in [2.45, 2.75) is 26.7 Å². The fraction of sp³-hybridized carbons (Fsp3) is 0.727. The number of allylic oxidation sites excluding steroid dienone is 1. The van der Waals surface area contributed by atoms with Crippen LogP contribution >= 0.6 is 0 Å². The minimum absolute atomic E-state index is 0.149. The number of ketones is 1. The van der Waals surface area contributed by atoms with Crippen molar-refractivity contribution >= 4 is 5.78 Å². The van der Waals surface area contributed by atoms with Gasteiger partial charge in [-0.05, 0) is 35.7 Å². The van der Waals surface area contributed by atoms with Gasteiger partial charge in [0.25, 0.3) is 0 Å². The Labute approximate surface area is 79.2 Å². The first-order chi connectivity index (χ1) is 6.07. The van der Waals surface area contributed by atoms with E-state index in [0.29, 0.717) is 11.3 Å². The summed E-state index contributed by atoms with van der Waals surface area (Å²) >= 11 is 0. The lowest BCUT2D eigenvalue weighted by Crippen LogP contribution is -2.49. The van der Waals surface area contributed by atoms with E-state index in [0.717, 1.165) is 17.9 Å². The average molecular weight is 179 g/mol. The molecule has 3 aliphatic rings. The zero-order chi connectivity index (χ0) is 9.64. The number of carbonyl (C=O) groups excluding carboxylic acids is 1. The van der Waals surface area contributed by atoms with Crippen LogP contribution < -0.4 is 5.73 Å². The van der Waals surface area contributed by atoms with Crippen molar-refractivity contribution in [3.8, 4) is 0 Å². The third kappa shape index (κ3) is 1.08. The number of nitrogens with two attached hydrogens (primary N) is 1. The quantitative estimate of drug-likeness (QED) is 0.698. The van der Waals surface area contributed by atoms with Gasteiger partial charge in [0.15, 0.2) is 5.78 Å². The van der Waals surface area contributed by atoms with Crippen LogP contribution in [0.3, 0.4) is 0 Å². The highest BCUT2D eigenvalue weighted by atomic mass is 16.1. The summed E-state index contributed by atoms with van der Waals surface area (Å²) in [4.78, 5) is 11.5. The van der Waals surface area contributed by atoms with Crippen LogP contribution in [-0.2, 0) is 4.79 Å². The van der Waals surface area contributed by atoms with Gasteiger partial charge in [0, 0.05) is 0 Å². The predicted molar refractivity (Wildman–Crippen MR) is 52.1 cm³/mol. The summed E-state index contributed by atoms with van der Waals surface area (Å²) in [6, 6.07) is 0. The third-order valence-corrected chi connectivity index (χ3v) is 3.98. The van der Waals surface area contributed by atoms with Crippen molar-refractivity contribution in [2.24, 2.45) is 23.0 Å². The topological polar surface area (TPSA) is 43.1 Å².